The molecule has 1 aromatic rings. The number of piperidine rings is 1. The minimum atomic E-state index is -0.808. The standard InChI is InChI=1S/C19H24F2N2O/c20-17-6-5-15(11-18(17)21)13-23-9-7-16(8-10-23)22-19(24)12-14-3-1-2-4-14/h3,5-6,11,16H,1-2,4,7-10,12-13H2,(H,22,24). The molecule has 1 fully saturated rings. The minimum Gasteiger partial charge on any atom is -0.353 e. The third-order valence-electron chi connectivity index (χ3n) is 4.87. The average molecular weight is 334 g/mol. The van der Waals surface area contributed by atoms with E-state index in [1.807, 2.05) is 0 Å². The van der Waals surface area contributed by atoms with Crippen molar-refractivity contribution in [1.29, 1.82) is 0 Å². The lowest BCUT2D eigenvalue weighted by Gasteiger charge is -2.32. The van der Waals surface area contributed by atoms with Crippen molar-refractivity contribution in [2.75, 3.05) is 13.1 Å². The van der Waals surface area contributed by atoms with Gasteiger partial charge in [0.2, 0.25) is 5.91 Å². The molecule has 1 aromatic carbocycles. The second kappa shape index (κ2) is 7.88. The van der Waals surface area contributed by atoms with Gasteiger partial charge in [-0.05, 0) is 49.8 Å². The van der Waals surface area contributed by atoms with E-state index < -0.39 is 11.6 Å². The van der Waals surface area contributed by atoms with Crippen LogP contribution in [0, 0.1) is 11.6 Å². The van der Waals surface area contributed by atoms with Crippen LogP contribution in [0.2, 0.25) is 0 Å². The van der Waals surface area contributed by atoms with E-state index in [0.717, 1.165) is 44.3 Å². The van der Waals surface area contributed by atoms with E-state index in [-0.39, 0.29) is 11.9 Å². The Hall–Kier alpha value is -1.75. The zero-order valence-electron chi connectivity index (χ0n) is 13.9. The number of likely N-dealkylation sites (tertiary alicyclic amines) is 1. The SMILES string of the molecule is O=C(CC1=CCCC1)NC1CCN(Cc2ccc(F)c(F)c2)CC1. The topological polar surface area (TPSA) is 32.3 Å². The summed E-state index contributed by atoms with van der Waals surface area (Å²) in [6.45, 7) is 2.32. The van der Waals surface area contributed by atoms with Gasteiger partial charge in [0, 0.05) is 32.1 Å². The number of nitrogens with zero attached hydrogens (tertiary/aromatic N) is 1. The largest absolute Gasteiger partial charge is 0.353 e. The second-order valence-electron chi connectivity index (χ2n) is 6.80. The van der Waals surface area contributed by atoms with Crippen molar-refractivity contribution in [3.63, 3.8) is 0 Å². The van der Waals surface area contributed by atoms with Crippen LogP contribution in [-0.2, 0) is 11.3 Å². The summed E-state index contributed by atoms with van der Waals surface area (Å²) in [6.07, 6.45) is 7.85. The van der Waals surface area contributed by atoms with Crippen molar-refractivity contribution in [3.05, 3.63) is 47.0 Å². The van der Waals surface area contributed by atoms with Gasteiger partial charge in [-0.3, -0.25) is 9.69 Å². The van der Waals surface area contributed by atoms with Crippen LogP contribution in [0.25, 0.3) is 0 Å². The number of hydrogen-bond donors (Lipinski definition) is 1. The van der Waals surface area contributed by atoms with E-state index >= 15 is 0 Å². The van der Waals surface area contributed by atoms with E-state index in [1.54, 1.807) is 6.07 Å². The lowest BCUT2D eigenvalue weighted by atomic mass is 10.0. The molecule has 1 N–H and O–H groups in total. The number of allylic oxidation sites excluding steroid dienone is 1. The Labute approximate surface area is 141 Å². The van der Waals surface area contributed by atoms with Crippen LogP contribution in [0.5, 0.6) is 0 Å². The fourth-order valence-electron chi connectivity index (χ4n) is 3.51. The van der Waals surface area contributed by atoms with Gasteiger partial charge < -0.3 is 5.32 Å². The number of benzene rings is 1. The first-order valence-corrected chi connectivity index (χ1v) is 8.74. The quantitative estimate of drug-likeness (QED) is 0.835. The first-order chi connectivity index (χ1) is 11.6. The van der Waals surface area contributed by atoms with Crippen LogP contribution in [0.3, 0.4) is 0 Å². The van der Waals surface area contributed by atoms with E-state index in [9.17, 15) is 13.6 Å². The fraction of sp³-hybridized carbons (Fsp3) is 0.526. The molecule has 0 atom stereocenters. The summed E-state index contributed by atoms with van der Waals surface area (Å²) >= 11 is 0. The second-order valence-corrected chi connectivity index (χ2v) is 6.80. The molecule has 130 valence electrons. The summed E-state index contributed by atoms with van der Waals surface area (Å²) < 4.78 is 26.2. The molecule has 24 heavy (non-hydrogen) atoms. The van der Waals surface area contributed by atoms with Crippen molar-refractivity contribution in [2.24, 2.45) is 0 Å². The first-order valence-electron chi connectivity index (χ1n) is 8.74. The lowest BCUT2D eigenvalue weighted by molar-refractivity contribution is -0.121. The number of nitrogens with one attached hydrogen (secondary N) is 1. The highest BCUT2D eigenvalue weighted by Crippen LogP contribution is 2.21. The van der Waals surface area contributed by atoms with Gasteiger partial charge in [0.05, 0.1) is 0 Å². The normalized spacial score (nSPS) is 19.3. The van der Waals surface area contributed by atoms with Gasteiger partial charge in [0.1, 0.15) is 0 Å². The highest BCUT2D eigenvalue weighted by molar-refractivity contribution is 5.78. The Morgan fingerprint density at radius 3 is 2.67 bits per heavy atom. The molecule has 1 aliphatic carbocycles. The Balaban J connectivity index is 1.42. The Kier molecular flexibility index (Phi) is 5.61. The summed E-state index contributed by atoms with van der Waals surface area (Å²) in [5.74, 6) is -1.48. The van der Waals surface area contributed by atoms with Crippen LogP contribution in [0.15, 0.2) is 29.8 Å². The molecule has 1 heterocycles. The number of rotatable bonds is 5. The Morgan fingerprint density at radius 1 is 1.21 bits per heavy atom. The molecular weight excluding hydrogens is 310 g/mol. The molecule has 5 heteroatoms. The molecule has 0 saturated carbocycles. The Bertz CT molecular complexity index is 622. The third-order valence-corrected chi connectivity index (χ3v) is 4.87. The third kappa shape index (κ3) is 4.63. The van der Waals surface area contributed by atoms with Crippen molar-refractivity contribution >= 4 is 5.91 Å². The van der Waals surface area contributed by atoms with Gasteiger partial charge in [-0.25, -0.2) is 8.78 Å². The maximum Gasteiger partial charge on any atom is 0.224 e. The van der Waals surface area contributed by atoms with Crippen molar-refractivity contribution in [1.82, 2.24) is 10.2 Å². The number of halogens is 2. The van der Waals surface area contributed by atoms with Crippen LogP contribution in [0.1, 0.15) is 44.1 Å². The van der Waals surface area contributed by atoms with Crippen LogP contribution in [-0.4, -0.2) is 29.9 Å². The smallest absolute Gasteiger partial charge is 0.224 e. The maximum atomic E-state index is 13.3. The van der Waals surface area contributed by atoms with Crippen molar-refractivity contribution in [2.45, 2.75) is 51.1 Å². The monoisotopic (exact) mass is 334 g/mol. The van der Waals surface area contributed by atoms with E-state index in [0.29, 0.717) is 13.0 Å². The van der Waals surface area contributed by atoms with Crippen LogP contribution in [0.4, 0.5) is 8.78 Å². The number of amides is 1. The van der Waals surface area contributed by atoms with Gasteiger partial charge in [-0.1, -0.05) is 17.7 Å². The summed E-state index contributed by atoms with van der Waals surface area (Å²) in [6, 6.07) is 4.29. The van der Waals surface area contributed by atoms with E-state index in [1.165, 1.54) is 24.1 Å². The highest BCUT2D eigenvalue weighted by Gasteiger charge is 2.21. The minimum absolute atomic E-state index is 0.127. The van der Waals surface area contributed by atoms with Crippen LogP contribution < -0.4 is 5.32 Å². The summed E-state index contributed by atoms with van der Waals surface area (Å²) in [5.41, 5.74) is 2.05. The molecule has 2 aliphatic rings. The molecule has 3 rings (SSSR count). The zero-order chi connectivity index (χ0) is 16.9. The molecular formula is C19H24F2N2O. The lowest BCUT2D eigenvalue weighted by Crippen LogP contribution is -2.44. The van der Waals surface area contributed by atoms with Gasteiger partial charge >= 0.3 is 0 Å². The zero-order valence-corrected chi connectivity index (χ0v) is 13.9. The molecule has 1 saturated heterocycles. The van der Waals surface area contributed by atoms with Gasteiger partial charge in [-0.15, -0.1) is 0 Å². The predicted octanol–water partition coefficient (Wildman–Crippen LogP) is 3.55. The number of hydrogen-bond acceptors (Lipinski definition) is 2. The fourth-order valence-corrected chi connectivity index (χ4v) is 3.51. The highest BCUT2D eigenvalue weighted by atomic mass is 19.2. The van der Waals surface area contributed by atoms with Crippen molar-refractivity contribution in [3.8, 4) is 0 Å². The maximum absolute atomic E-state index is 13.3. The number of carbonyl (C=O) groups is 1. The molecule has 1 aliphatic heterocycles. The molecule has 0 radical (unpaired) electrons. The molecule has 0 unspecified atom stereocenters. The molecule has 0 aromatic heterocycles. The molecule has 3 nitrogen and oxygen atoms in total. The predicted molar refractivity (Wildman–Crippen MR) is 89.4 cm³/mol. The summed E-state index contributed by atoms with van der Waals surface area (Å²) in [5, 5.41) is 3.13. The van der Waals surface area contributed by atoms with Crippen LogP contribution >= 0.6 is 0 Å². The van der Waals surface area contributed by atoms with Gasteiger partial charge in [0.15, 0.2) is 11.6 Å². The van der Waals surface area contributed by atoms with E-state index in [4.69, 9.17) is 0 Å². The summed E-state index contributed by atoms with van der Waals surface area (Å²) in [7, 11) is 0. The van der Waals surface area contributed by atoms with Gasteiger partial charge in [0.25, 0.3) is 0 Å². The summed E-state index contributed by atoms with van der Waals surface area (Å²) in [4.78, 5) is 14.3. The average Bonchev–Trinajstić information content (AvgIpc) is 3.06. The van der Waals surface area contributed by atoms with E-state index in [2.05, 4.69) is 16.3 Å². The Morgan fingerprint density at radius 2 is 2.00 bits per heavy atom. The van der Waals surface area contributed by atoms with Crippen molar-refractivity contribution < 1.29 is 13.6 Å². The first kappa shape index (κ1) is 17.1. The van der Waals surface area contributed by atoms with Gasteiger partial charge in [-0.2, -0.15) is 0 Å². The molecule has 1 amide bonds. The molecule has 0 spiro atoms. The molecule has 0 bridgehead atoms. The number of carbonyl (C=O) groups excluding carboxylic acids is 1.